The van der Waals surface area contributed by atoms with E-state index in [1.807, 2.05) is 6.92 Å². The largest absolute Gasteiger partial charge is 0.381 e. The molecule has 0 radical (unpaired) electrons. The first-order chi connectivity index (χ1) is 6.61. The number of likely N-dealkylation sites (N-methyl/N-ethyl adjacent to an activating group) is 1. The summed E-state index contributed by atoms with van der Waals surface area (Å²) in [7, 11) is 3.55. The zero-order valence-electron chi connectivity index (χ0n) is 9.25. The van der Waals surface area contributed by atoms with E-state index in [4.69, 9.17) is 4.74 Å². The molecule has 1 saturated heterocycles. The first-order valence-electron chi connectivity index (χ1n) is 5.13. The van der Waals surface area contributed by atoms with Crippen molar-refractivity contribution in [2.24, 2.45) is 5.92 Å². The van der Waals surface area contributed by atoms with E-state index in [1.54, 1.807) is 19.0 Å². The lowest BCUT2D eigenvalue weighted by atomic mass is 10.1. The van der Waals surface area contributed by atoms with Crippen molar-refractivity contribution in [3.8, 4) is 0 Å². The van der Waals surface area contributed by atoms with Gasteiger partial charge in [-0.05, 0) is 19.3 Å². The van der Waals surface area contributed by atoms with Crippen LogP contribution in [0.5, 0.6) is 0 Å². The SMILES string of the molecule is CC(NCC1CCOC1)C(=O)N(C)C. The second-order valence-electron chi connectivity index (χ2n) is 4.09. The van der Waals surface area contributed by atoms with Gasteiger partial charge in [0.25, 0.3) is 0 Å². The van der Waals surface area contributed by atoms with Crippen LogP contribution in [0.4, 0.5) is 0 Å². The van der Waals surface area contributed by atoms with Crippen LogP contribution in [0.15, 0.2) is 0 Å². The van der Waals surface area contributed by atoms with Crippen molar-refractivity contribution in [2.45, 2.75) is 19.4 Å². The molecule has 0 bridgehead atoms. The summed E-state index contributed by atoms with van der Waals surface area (Å²) in [5, 5.41) is 3.23. The van der Waals surface area contributed by atoms with Gasteiger partial charge in [-0.15, -0.1) is 0 Å². The van der Waals surface area contributed by atoms with Crippen molar-refractivity contribution >= 4 is 5.91 Å². The van der Waals surface area contributed by atoms with E-state index in [9.17, 15) is 4.79 Å². The Morgan fingerprint density at radius 3 is 2.86 bits per heavy atom. The second-order valence-corrected chi connectivity index (χ2v) is 4.09. The number of nitrogens with one attached hydrogen (secondary N) is 1. The molecule has 4 heteroatoms. The lowest BCUT2D eigenvalue weighted by Gasteiger charge is -2.19. The predicted molar refractivity (Wildman–Crippen MR) is 55.1 cm³/mol. The van der Waals surface area contributed by atoms with E-state index in [0.29, 0.717) is 5.92 Å². The summed E-state index contributed by atoms with van der Waals surface area (Å²) in [6.45, 7) is 4.47. The van der Waals surface area contributed by atoms with E-state index in [0.717, 1.165) is 26.2 Å². The smallest absolute Gasteiger partial charge is 0.238 e. The van der Waals surface area contributed by atoms with Gasteiger partial charge in [0, 0.05) is 27.2 Å². The molecule has 82 valence electrons. The van der Waals surface area contributed by atoms with E-state index >= 15 is 0 Å². The van der Waals surface area contributed by atoms with E-state index in [2.05, 4.69) is 5.32 Å². The molecule has 1 fully saturated rings. The Bertz CT molecular complexity index is 189. The van der Waals surface area contributed by atoms with Crippen molar-refractivity contribution in [2.75, 3.05) is 33.9 Å². The van der Waals surface area contributed by atoms with Crippen molar-refractivity contribution in [3.63, 3.8) is 0 Å². The first kappa shape index (κ1) is 11.5. The Morgan fingerprint density at radius 2 is 2.36 bits per heavy atom. The van der Waals surface area contributed by atoms with Crippen molar-refractivity contribution in [3.05, 3.63) is 0 Å². The standard InChI is InChI=1S/C10H20N2O2/c1-8(10(13)12(2)3)11-6-9-4-5-14-7-9/h8-9,11H,4-7H2,1-3H3. The van der Waals surface area contributed by atoms with Crippen LogP contribution in [-0.2, 0) is 9.53 Å². The highest BCUT2D eigenvalue weighted by Gasteiger charge is 2.19. The molecule has 0 aromatic heterocycles. The van der Waals surface area contributed by atoms with Gasteiger partial charge in [-0.2, -0.15) is 0 Å². The lowest BCUT2D eigenvalue weighted by Crippen LogP contribution is -2.43. The minimum atomic E-state index is -0.0920. The van der Waals surface area contributed by atoms with E-state index in [1.165, 1.54) is 0 Å². The Labute approximate surface area is 85.6 Å². The van der Waals surface area contributed by atoms with Crippen molar-refractivity contribution < 1.29 is 9.53 Å². The maximum atomic E-state index is 11.5. The molecule has 1 N–H and O–H groups in total. The summed E-state index contributed by atoms with van der Waals surface area (Å²) in [5.74, 6) is 0.705. The number of carbonyl (C=O) groups is 1. The molecule has 0 aromatic rings. The Morgan fingerprint density at radius 1 is 1.64 bits per heavy atom. The van der Waals surface area contributed by atoms with Crippen LogP contribution in [0.1, 0.15) is 13.3 Å². The zero-order chi connectivity index (χ0) is 10.6. The Balaban J connectivity index is 2.19. The minimum absolute atomic E-state index is 0.0920. The van der Waals surface area contributed by atoms with Crippen LogP contribution in [0, 0.1) is 5.92 Å². The molecule has 0 spiro atoms. The lowest BCUT2D eigenvalue weighted by molar-refractivity contribution is -0.130. The molecule has 2 unspecified atom stereocenters. The quantitative estimate of drug-likeness (QED) is 0.699. The van der Waals surface area contributed by atoms with E-state index < -0.39 is 0 Å². The average molecular weight is 200 g/mol. The molecule has 2 atom stereocenters. The van der Waals surface area contributed by atoms with Crippen LogP contribution in [0.25, 0.3) is 0 Å². The summed E-state index contributed by atoms with van der Waals surface area (Å²) >= 11 is 0. The van der Waals surface area contributed by atoms with Gasteiger partial charge in [0.2, 0.25) is 5.91 Å². The third-order valence-corrected chi connectivity index (χ3v) is 2.55. The summed E-state index contributed by atoms with van der Waals surface area (Å²) in [6, 6.07) is -0.0920. The third kappa shape index (κ3) is 3.27. The van der Waals surface area contributed by atoms with Gasteiger partial charge >= 0.3 is 0 Å². The maximum Gasteiger partial charge on any atom is 0.238 e. The van der Waals surface area contributed by atoms with Gasteiger partial charge in [0.15, 0.2) is 0 Å². The highest BCUT2D eigenvalue weighted by Crippen LogP contribution is 2.10. The zero-order valence-corrected chi connectivity index (χ0v) is 9.25. The maximum absolute atomic E-state index is 11.5. The van der Waals surface area contributed by atoms with Gasteiger partial charge in [-0.25, -0.2) is 0 Å². The normalized spacial score (nSPS) is 23.5. The number of hydrogen-bond donors (Lipinski definition) is 1. The van der Waals surface area contributed by atoms with Crippen LogP contribution in [0.3, 0.4) is 0 Å². The first-order valence-corrected chi connectivity index (χ1v) is 5.13. The number of nitrogens with zero attached hydrogens (tertiary/aromatic N) is 1. The molecule has 1 aliphatic rings. The van der Waals surface area contributed by atoms with Crippen LogP contribution >= 0.6 is 0 Å². The van der Waals surface area contributed by atoms with Gasteiger partial charge in [-0.1, -0.05) is 0 Å². The molecule has 1 aliphatic heterocycles. The molecular weight excluding hydrogens is 180 g/mol. The van der Waals surface area contributed by atoms with Gasteiger partial charge in [0.05, 0.1) is 12.6 Å². The molecule has 1 heterocycles. The summed E-state index contributed by atoms with van der Waals surface area (Å²) in [5.41, 5.74) is 0. The van der Waals surface area contributed by atoms with Crippen molar-refractivity contribution in [1.29, 1.82) is 0 Å². The molecule has 0 aliphatic carbocycles. The van der Waals surface area contributed by atoms with Crippen LogP contribution in [0.2, 0.25) is 0 Å². The fraction of sp³-hybridized carbons (Fsp3) is 0.900. The molecule has 0 aromatic carbocycles. The average Bonchev–Trinajstić information content (AvgIpc) is 2.65. The highest BCUT2D eigenvalue weighted by molar-refractivity contribution is 5.80. The minimum Gasteiger partial charge on any atom is -0.381 e. The topological polar surface area (TPSA) is 41.6 Å². The molecule has 14 heavy (non-hydrogen) atoms. The number of carbonyl (C=O) groups excluding carboxylic acids is 1. The number of hydrogen-bond acceptors (Lipinski definition) is 3. The van der Waals surface area contributed by atoms with Gasteiger partial charge in [-0.3, -0.25) is 4.79 Å². The summed E-state index contributed by atoms with van der Waals surface area (Å²) in [4.78, 5) is 13.1. The van der Waals surface area contributed by atoms with Crippen molar-refractivity contribution in [1.82, 2.24) is 10.2 Å². The summed E-state index contributed by atoms with van der Waals surface area (Å²) in [6.07, 6.45) is 1.11. The van der Waals surface area contributed by atoms with Gasteiger partial charge < -0.3 is 15.0 Å². The predicted octanol–water partition coefficient (Wildman–Crippen LogP) is 0.0892. The number of ether oxygens (including phenoxy) is 1. The molecule has 1 rings (SSSR count). The number of rotatable bonds is 4. The molecule has 1 amide bonds. The third-order valence-electron chi connectivity index (χ3n) is 2.55. The monoisotopic (exact) mass is 200 g/mol. The highest BCUT2D eigenvalue weighted by atomic mass is 16.5. The molecular formula is C10H20N2O2. The number of amides is 1. The molecule has 0 saturated carbocycles. The summed E-state index contributed by atoms with van der Waals surface area (Å²) < 4.78 is 5.26. The fourth-order valence-corrected chi connectivity index (χ4v) is 1.56. The molecule has 4 nitrogen and oxygen atoms in total. The fourth-order valence-electron chi connectivity index (χ4n) is 1.56. The van der Waals surface area contributed by atoms with E-state index in [-0.39, 0.29) is 11.9 Å². The van der Waals surface area contributed by atoms with Gasteiger partial charge in [0.1, 0.15) is 0 Å². The Kier molecular flexibility index (Phi) is 4.35. The van der Waals surface area contributed by atoms with Crippen LogP contribution in [-0.4, -0.2) is 50.7 Å². The second kappa shape index (κ2) is 5.32. The Hall–Kier alpha value is -0.610. The van der Waals surface area contributed by atoms with Crippen LogP contribution < -0.4 is 5.32 Å².